The quantitative estimate of drug-likeness (QED) is 0.740. The van der Waals surface area contributed by atoms with Gasteiger partial charge in [0.25, 0.3) is 11.8 Å². The molecule has 2 aromatic carbocycles. The lowest BCUT2D eigenvalue weighted by atomic mass is 10.1. The maximum absolute atomic E-state index is 12.9. The van der Waals surface area contributed by atoms with E-state index in [9.17, 15) is 9.59 Å². The largest absolute Gasteiger partial charge is 0.497 e. The van der Waals surface area contributed by atoms with Gasteiger partial charge in [0, 0.05) is 48.7 Å². The maximum atomic E-state index is 12.9. The third-order valence-corrected chi connectivity index (χ3v) is 5.21. The molecule has 0 atom stereocenters. The van der Waals surface area contributed by atoms with Crippen LogP contribution in [-0.4, -0.2) is 67.0 Å². The van der Waals surface area contributed by atoms with Crippen molar-refractivity contribution in [3.05, 3.63) is 59.8 Å². The van der Waals surface area contributed by atoms with Crippen molar-refractivity contribution in [2.45, 2.75) is 0 Å². The number of para-hydroxylation sites is 1. The number of benzene rings is 2. The number of fused-ring (bicyclic) bond motifs is 1. The minimum absolute atomic E-state index is 0.0450. The van der Waals surface area contributed by atoms with Crippen LogP contribution in [0.1, 0.15) is 20.8 Å². The number of rotatable bonds is 4. The van der Waals surface area contributed by atoms with Crippen molar-refractivity contribution >= 4 is 22.7 Å². The number of aromatic amines is 1. The topological polar surface area (TPSA) is 74.9 Å². The average Bonchev–Trinajstić information content (AvgIpc) is 3.22. The second-order valence-electron chi connectivity index (χ2n) is 6.96. The highest BCUT2D eigenvalue weighted by molar-refractivity contribution is 5.98. The van der Waals surface area contributed by atoms with Crippen molar-refractivity contribution in [1.82, 2.24) is 14.8 Å². The van der Waals surface area contributed by atoms with Gasteiger partial charge >= 0.3 is 0 Å². The second kappa shape index (κ2) is 7.87. The Morgan fingerprint density at radius 3 is 2.00 bits per heavy atom. The molecule has 2 amide bonds. The van der Waals surface area contributed by atoms with Crippen molar-refractivity contribution < 1.29 is 19.1 Å². The molecule has 0 spiro atoms. The molecule has 4 rings (SSSR count). The van der Waals surface area contributed by atoms with E-state index in [-0.39, 0.29) is 11.8 Å². The van der Waals surface area contributed by atoms with Crippen LogP contribution in [0.4, 0.5) is 0 Å². The molecule has 1 aromatic heterocycles. The normalized spacial score (nSPS) is 14.1. The van der Waals surface area contributed by atoms with Crippen LogP contribution in [0.5, 0.6) is 11.5 Å². The first-order valence-corrected chi connectivity index (χ1v) is 9.48. The molecule has 0 unspecified atom stereocenters. The molecule has 1 aliphatic heterocycles. The highest BCUT2D eigenvalue weighted by atomic mass is 16.5. The Kier molecular flexibility index (Phi) is 5.12. The van der Waals surface area contributed by atoms with Crippen LogP contribution in [-0.2, 0) is 0 Å². The summed E-state index contributed by atoms with van der Waals surface area (Å²) in [5.41, 5.74) is 2.02. The molecule has 7 heteroatoms. The van der Waals surface area contributed by atoms with Crippen molar-refractivity contribution in [3.8, 4) is 11.5 Å². The molecule has 0 aliphatic carbocycles. The van der Waals surface area contributed by atoms with E-state index >= 15 is 0 Å². The van der Waals surface area contributed by atoms with Crippen LogP contribution in [0.3, 0.4) is 0 Å². The Bertz CT molecular complexity index is 996. The minimum Gasteiger partial charge on any atom is -0.497 e. The number of aromatic nitrogens is 1. The molecule has 2 heterocycles. The summed E-state index contributed by atoms with van der Waals surface area (Å²) in [4.78, 5) is 32.5. The summed E-state index contributed by atoms with van der Waals surface area (Å²) < 4.78 is 10.5. The Morgan fingerprint density at radius 2 is 1.41 bits per heavy atom. The number of ether oxygens (including phenoxy) is 2. The van der Waals surface area contributed by atoms with Gasteiger partial charge < -0.3 is 24.3 Å². The van der Waals surface area contributed by atoms with Gasteiger partial charge in [-0.05, 0) is 24.3 Å². The lowest BCUT2D eigenvalue weighted by molar-refractivity contribution is 0.0532. The van der Waals surface area contributed by atoms with Gasteiger partial charge in [0.05, 0.1) is 14.2 Å². The summed E-state index contributed by atoms with van der Waals surface area (Å²) in [6, 6.07) is 14.8. The van der Waals surface area contributed by atoms with Gasteiger partial charge in [-0.2, -0.15) is 0 Å². The molecule has 0 radical (unpaired) electrons. The van der Waals surface area contributed by atoms with Gasteiger partial charge in [-0.1, -0.05) is 18.2 Å². The van der Waals surface area contributed by atoms with Gasteiger partial charge in [0.2, 0.25) is 0 Å². The number of hydrogen-bond acceptors (Lipinski definition) is 4. The number of nitrogens with zero attached hydrogens (tertiary/aromatic N) is 2. The molecule has 0 saturated carbocycles. The lowest BCUT2D eigenvalue weighted by Crippen LogP contribution is -2.50. The van der Waals surface area contributed by atoms with Crippen LogP contribution in [0.2, 0.25) is 0 Å². The van der Waals surface area contributed by atoms with Crippen LogP contribution in [0, 0.1) is 0 Å². The number of amides is 2. The third-order valence-electron chi connectivity index (χ3n) is 5.21. The standard InChI is InChI=1S/C22H23N3O4/c1-28-17-11-16(12-18(14-17)29-2)21(26)24-7-9-25(10-8-24)22(27)20-13-15-5-3-4-6-19(15)23-20/h3-6,11-14,23H,7-10H2,1-2H3. The summed E-state index contributed by atoms with van der Waals surface area (Å²) in [5.74, 6) is 0.997. The fraction of sp³-hybridized carbons (Fsp3) is 0.273. The predicted octanol–water partition coefficient (Wildman–Crippen LogP) is 2.78. The smallest absolute Gasteiger partial charge is 0.270 e. The molecule has 1 fully saturated rings. The number of carbonyl (C=O) groups excluding carboxylic acids is 2. The van der Waals surface area contributed by atoms with Gasteiger partial charge in [-0.15, -0.1) is 0 Å². The molecular formula is C22H23N3O4. The third kappa shape index (κ3) is 3.76. The number of piperazine rings is 1. The minimum atomic E-state index is -0.0973. The lowest BCUT2D eigenvalue weighted by Gasteiger charge is -2.34. The zero-order chi connectivity index (χ0) is 20.4. The molecule has 7 nitrogen and oxygen atoms in total. The molecule has 1 N–H and O–H groups in total. The second-order valence-corrected chi connectivity index (χ2v) is 6.96. The first-order chi connectivity index (χ1) is 14.1. The van der Waals surface area contributed by atoms with E-state index in [1.165, 1.54) is 0 Å². The highest BCUT2D eigenvalue weighted by Gasteiger charge is 2.26. The Balaban J connectivity index is 1.43. The van der Waals surface area contributed by atoms with Crippen LogP contribution < -0.4 is 9.47 Å². The van der Waals surface area contributed by atoms with E-state index in [1.807, 2.05) is 30.3 Å². The molecule has 0 bridgehead atoms. The van der Waals surface area contributed by atoms with E-state index in [4.69, 9.17) is 9.47 Å². The van der Waals surface area contributed by atoms with E-state index in [0.29, 0.717) is 48.9 Å². The summed E-state index contributed by atoms with van der Waals surface area (Å²) >= 11 is 0. The van der Waals surface area contributed by atoms with Gasteiger partial charge in [-0.25, -0.2) is 0 Å². The number of hydrogen-bond donors (Lipinski definition) is 1. The summed E-state index contributed by atoms with van der Waals surface area (Å²) in [7, 11) is 3.11. The van der Waals surface area contributed by atoms with Crippen LogP contribution in [0.15, 0.2) is 48.5 Å². The summed E-state index contributed by atoms with van der Waals surface area (Å²) in [6.45, 7) is 1.93. The predicted molar refractivity (Wildman–Crippen MR) is 110 cm³/mol. The van der Waals surface area contributed by atoms with Crippen molar-refractivity contribution in [2.75, 3.05) is 40.4 Å². The van der Waals surface area contributed by atoms with E-state index < -0.39 is 0 Å². The van der Waals surface area contributed by atoms with Crippen LogP contribution in [0.25, 0.3) is 10.9 Å². The molecule has 3 aromatic rings. The fourth-order valence-corrected chi connectivity index (χ4v) is 3.59. The summed E-state index contributed by atoms with van der Waals surface area (Å²) in [6.07, 6.45) is 0. The van der Waals surface area contributed by atoms with Crippen molar-refractivity contribution in [3.63, 3.8) is 0 Å². The van der Waals surface area contributed by atoms with Gasteiger partial charge in [0.1, 0.15) is 17.2 Å². The first-order valence-electron chi connectivity index (χ1n) is 9.48. The van der Waals surface area contributed by atoms with Gasteiger partial charge in [-0.3, -0.25) is 9.59 Å². The Hall–Kier alpha value is -3.48. The monoisotopic (exact) mass is 393 g/mol. The van der Waals surface area contributed by atoms with E-state index in [1.54, 1.807) is 42.2 Å². The Labute approximate surface area is 168 Å². The van der Waals surface area contributed by atoms with Gasteiger partial charge in [0.15, 0.2) is 0 Å². The maximum Gasteiger partial charge on any atom is 0.270 e. The number of carbonyl (C=O) groups is 2. The molecule has 29 heavy (non-hydrogen) atoms. The number of methoxy groups -OCH3 is 2. The zero-order valence-corrected chi connectivity index (χ0v) is 16.5. The number of H-pyrrole nitrogens is 1. The van der Waals surface area contributed by atoms with Crippen LogP contribution >= 0.6 is 0 Å². The average molecular weight is 393 g/mol. The van der Waals surface area contributed by atoms with Crippen molar-refractivity contribution in [1.29, 1.82) is 0 Å². The number of nitrogens with one attached hydrogen (secondary N) is 1. The Morgan fingerprint density at radius 1 is 0.828 bits per heavy atom. The molecule has 1 saturated heterocycles. The molecule has 150 valence electrons. The molecular weight excluding hydrogens is 370 g/mol. The van der Waals surface area contributed by atoms with Crippen molar-refractivity contribution in [2.24, 2.45) is 0 Å². The summed E-state index contributed by atoms with van der Waals surface area (Å²) in [5, 5.41) is 1.01. The zero-order valence-electron chi connectivity index (χ0n) is 16.5. The molecule has 1 aliphatic rings. The fourth-order valence-electron chi connectivity index (χ4n) is 3.59. The first kappa shape index (κ1) is 18.9. The SMILES string of the molecule is COc1cc(OC)cc(C(=O)N2CCN(C(=O)c3cc4ccccc4[nH]3)CC2)c1. The van der Waals surface area contributed by atoms with E-state index in [0.717, 1.165) is 10.9 Å². The highest BCUT2D eigenvalue weighted by Crippen LogP contribution is 2.24. The van der Waals surface area contributed by atoms with E-state index in [2.05, 4.69) is 4.98 Å².